The number of carbonyl (C=O) groups is 1. The number of halogens is 1. The Kier molecular flexibility index (Phi) is 3.85. The Bertz CT molecular complexity index is 567. The van der Waals surface area contributed by atoms with Gasteiger partial charge in [-0.2, -0.15) is 0 Å². The van der Waals surface area contributed by atoms with Crippen LogP contribution in [0.2, 0.25) is 0 Å². The molecule has 1 aromatic carbocycles. The fraction of sp³-hybridized carbons (Fsp3) is 0.214. The summed E-state index contributed by atoms with van der Waals surface area (Å²) in [6.07, 6.45) is 1.54. The number of anilines is 1. The first-order valence-corrected chi connectivity index (χ1v) is 5.94. The van der Waals surface area contributed by atoms with Crippen LogP contribution in [0.3, 0.4) is 0 Å². The van der Waals surface area contributed by atoms with Gasteiger partial charge in [-0.3, -0.25) is 4.79 Å². The summed E-state index contributed by atoms with van der Waals surface area (Å²) in [5.74, 6) is -0.163. The van der Waals surface area contributed by atoms with Gasteiger partial charge in [-0.1, -0.05) is 6.07 Å². The minimum absolute atomic E-state index is 0.187. The zero-order valence-corrected chi connectivity index (χ0v) is 10.7. The van der Waals surface area contributed by atoms with Crippen LogP contribution in [0.1, 0.15) is 29.1 Å². The molecule has 0 bridgehead atoms. The zero-order valence-electron chi connectivity index (χ0n) is 10.7. The molecule has 1 unspecified atom stereocenters. The molecule has 1 aromatic heterocycles. The van der Waals surface area contributed by atoms with Crippen LogP contribution in [-0.2, 0) is 0 Å². The van der Waals surface area contributed by atoms with Crippen LogP contribution in [-0.4, -0.2) is 13.0 Å². The third-order valence-electron chi connectivity index (χ3n) is 2.83. The van der Waals surface area contributed by atoms with Crippen molar-refractivity contribution in [2.45, 2.75) is 13.0 Å². The molecule has 4 nitrogen and oxygen atoms in total. The maximum atomic E-state index is 13.6. The van der Waals surface area contributed by atoms with Gasteiger partial charge in [0.2, 0.25) is 0 Å². The predicted octanol–water partition coefficient (Wildman–Crippen LogP) is 2.95. The van der Waals surface area contributed by atoms with Crippen molar-refractivity contribution in [3.63, 3.8) is 0 Å². The van der Waals surface area contributed by atoms with Crippen LogP contribution in [0, 0.1) is 5.82 Å². The van der Waals surface area contributed by atoms with Gasteiger partial charge in [-0.15, -0.1) is 0 Å². The summed E-state index contributed by atoms with van der Waals surface area (Å²) in [6, 6.07) is 7.62. The lowest BCUT2D eigenvalue weighted by molar-refractivity contribution is 0.0936. The van der Waals surface area contributed by atoms with E-state index in [1.165, 1.54) is 12.1 Å². The SMILES string of the molecule is CNc1c(F)cccc1C(=O)NC(C)c1ccco1. The average Bonchev–Trinajstić information content (AvgIpc) is 2.92. The van der Waals surface area contributed by atoms with E-state index in [0.717, 1.165) is 0 Å². The van der Waals surface area contributed by atoms with Gasteiger partial charge >= 0.3 is 0 Å². The Hall–Kier alpha value is -2.30. The molecule has 0 aliphatic rings. The number of amides is 1. The smallest absolute Gasteiger partial charge is 0.254 e. The molecule has 100 valence electrons. The molecule has 1 atom stereocenters. The maximum absolute atomic E-state index is 13.6. The first-order chi connectivity index (χ1) is 9.13. The monoisotopic (exact) mass is 262 g/mol. The lowest BCUT2D eigenvalue weighted by Crippen LogP contribution is -2.27. The summed E-state index contributed by atoms with van der Waals surface area (Å²) >= 11 is 0. The Balaban J connectivity index is 2.19. The average molecular weight is 262 g/mol. The molecule has 1 amide bonds. The predicted molar refractivity (Wildman–Crippen MR) is 70.5 cm³/mol. The quantitative estimate of drug-likeness (QED) is 0.890. The summed E-state index contributed by atoms with van der Waals surface area (Å²) in [4.78, 5) is 12.1. The van der Waals surface area contributed by atoms with E-state index in [2.05, 4.69) is 10.6 Å². The third kappa shape index (κ3) is 2.76. The molecule has 0 spiro atoms. The fourth-order valence-electron chi connectivity index (χ4n) is 1.85. The third-order valence-corrected chi connectivity index (χ3v) is 2.83. The van der Waals surface area contributed by atoms with E-state index in [1.54, 1.807) is 38.4 Å². The number of carbonyl (C=O) groups excluding carboxylic acids is 1. The molecular formula is C14H15FN2O2. The Morgan fingerprint density at radius 3 is 2.74 bits per heavy atom. The van der Waals surface area contributed by atoms with E-state index < -0.39 is 5.82 Å². The molecular weight excluding hydrogens is 247 g/mol. The fourth-order valence-corrected chi connectivity index (χ4v) is 1.85. The topological polar surface area (TPSA) is 54.3 Å². The molecule has 0 aliphatic heterocycles. The van der Waals surface area contributed by atoms with Gasteiger partial charge < -0.3 is 15.1 Å². The summed E-state index contributed by atoms with van der Waals surface area (Å²) < 4.78 is 18.8. The van der Waals surface area contributed by atoms with Crippen molar-refractivity contribution < 1.29 is 13.6 Å². The first kappa shape index (κ1) is 13.1. The van der Waals surface area contributed by atoms with E-state index in [-0.39, 0.29) is 23.2 Å². The molecule has 2 aromatic rings. The molecule has 2 N–H and O–H groups in total. The molecule has 0 radical (unpaired) electrons. The van der Waals surface area contributed by atoms with E-state index in [4.69, 9.17) is 4.42 Å². The second-order valence-corrected chi connectivity index (χ2v) is 4.12. The highest BCUT2D eigenvalue weighted by Gasteiger charge is 2.17. The minimum atomic E-state index is -0.458. The van der Waals surface area contributed by atoms with E-state index >= 15 is 0 Å². The second-order valence-electron chi connectivity index (χ2n) is 4.12. The van der Waals surface area contributed by atoms with Crippen molar-refractivity contribution in [2.24, 2.45) is 0 Å². The molecule has 0 saturated carbocycles. The van der Waals surface area contributed by atoms with Gasteiger partial charge in [0.15, 0.2) is 0 Å². The number of hydrogen-bond donors (Lipinski definition) is 2. The Labute approximate surface area is 110 Å². The minimum Gasteiger partial charge on any atom is -0.467 e. The summed E-state index contributed by atoms with van der Waals surface area (Å²) in [7, 11) is 1.57. The van der Waals surface area contributed by atoms with Crippen LogP contribution >= 0.6 is 0 Å². The van der Waals surface area contributed by atoms with E-state index in [0.29, 0.717) is 5.76 Å². The van der Waals surface area contributed by atoms with Gasteiger partial charge in [0.1, 0.15) is 11.6 Å². The summed E-state index contributed by atoms with van der Waals surface area (Å²) in [6.45, 7) is 1.80. The van der Waals surface area contributed by atoms with Crippen LogP contribution in [0.25, 0.3) is 0 Å². The molecule has 0 saturated heterocycles. The molecule has 2 rings (SSSR count). The molecule has 5 heteroatoms. The number of nitrogens with one attached hydrogen (secondary N) is 2. The van der Waals surface area contributed by atoms with Gasteiger partial charge in [0.05, 0.1) is 23.6 Å². The largest absolute Gasteiger partial charge is 0.467 e. The second kappa shape index (κ2) is 5.56. The lowest BCUT2D eigenvalue weighted by Gasteiger charge is -2.14. The summed E-state index contributed by atoms with van der Waals surface area (Å²) in [5.41, 5.74) is 0.451. The van der Waals surface area contributed by atoms with Crippen molar-refractivity contribution in [2.75, 3.05) is 12.4 Å². The molecule has 19 heavy (non-hydrogen) atoms. The zero-order chi connectivity index (χ0) is 13.8. The standard InChI is InChI=1S/C14H15FN2O2/c1-9(12-7-4-8-19-12)17-14(18)10-5-3-6-11(15)13(10)16-2/h3-9,16H,1-2H3,(H,17,18). The van der Waals surface area contributed by atoms with Gasteiger partial charge in [0.25, 0.3) is 5.91 Å². The van der Waals surface area contributed by atoms with Crippen molar-refractivity contribution in [1.82, 2.24) is 5.32 Å². The van der Waals surface area contributed by atoms with E-state index in [1.807, 2.05) is 0 Å². The van der Waals surface area contributed by atoms with Crippen LogP contribution in [0.15, 0.2) is 41.0 Å². The van der Waals surface area contributed by atoms with Crippen LogP contribution in [0.4, 0.5) is 10.1 Å². The number of rotatable bonds is 4. The van der Waals surface area contributed by atoms with Crippen molar-refractivity contribution >= 4 is 11.6 Å². The lowest BCUT2D eigenvalue weighted by atomic mass is 10.1. The van der Waals surface area contributed by atoms with Gasteiger partial charge in [-0.05, 0) is 31.2 Å². The normalized spacial score (nSPS) is 11.9. The van der Waals surface area contributed by atoms with E-state index in [9.17, 15) is 9.18 Å². The van der Waals surface area contributed by atoms with Gasteiger partial charge in [0, 0.05) is 7.05 Å². The van der Waals surface area contributed by atoms with Crippen LogP contribution in [0.5, 0.6) is 0 Å². The van der Waals surface area contributed by atoms with Crippen molar-refractivity contribution in [3.05, 3.63) is 53.7 Å². The molecule has 1 heterocycles. The highest BCUT2D eigenvalue weighted by Crippen LogP contribution is 2.20. The highest BCUT2D eigenvalue weighted by molar-refractivity contribution is 5.99. The number of benzene rings is 1. The van der Waals surface area contributed by atoms with Crippen LogP contribution < -0.4 is 10.6 Å². The van der Waals surface area contributed by atoms with Gasteiger partial charge in [-0.25, -0.2) is 4.39 Å². The molecule has 0 fully saturated rings. The molecule has 0 aliphatic carbocycles. The number of furan rings is 1. The Morgan fingerprint density at radius 2 is 2.11 bits per heavy atom. The number of hydrogen-bond acceptors (Lipinski definition) is 3. The number of para-hydroxylation sites is 1. The van der Waals surface area contributed by atoms with Crippen molar-refractivity contribution in [3.8, 4) is 0 Å². The highest BCUT2D eigenvalue weighted by atomic mass is 19.1. The Morgan fingerprint density at radius 1 is 1.32 bits per heavy atom. The maximum Gasteiger partial charge on any atom is 0.254 e. The summed E-state index contributed by atoms with van der Waals surface area (Å²) in [5, 5.41) is 5.45. The van der Waals surface area contributed by atoms with Crippen molar-refractivity contribution in [1.29, 1.82) is 0 Å². The first-order valence-electron chi connectivity index (χ1n) is 5.94.